The second kappa shape index (κ2) is 14.7. The molecule has 1 amide bonds. The van der Waals surface area contributed by atoms with Crippen LogP contribution in [0.3, 0.4) is 0 Å². The molecule has 0 fully saturated rings. The van der Waals surface area contributed by atoms with Crippen LogP contribution in [0.15, 0.2) is 40.4 Å². The summed E-state index contributed by atoms with van der Waals surface area (Å²) in [5.74, 6) is -2.28. The number of aromatic nitrogens is 3. The molecule has 2 aromatic carbocycles. The van der Waals surface area contributed by atoms with Gasteiger partial charge in [0.1, 0.15) is 45.8 Å². The van der Waals surface area contributed by atoms with Crippen LogP contribution < -0.4 is 26.7 Å². The maximum Gasteiger partial charge on any atom is 0.412 e. The topological polar surface area (TPSA) is 168 Å². The van der Waals surface area contributed by atoms with E-state index in [1.54, 1.807) is 27.0 Å². The van der Waals surface area contributed by atoms with Gasteiger partial charge in [-0.2, -0.15) is 5.26 Å². The van der Waals surface area contributed by atoms with Gasteiger partial charge < -0.3 is 25.5 Å². The van der Waals surface area contributed by atoms with Crippen LogP contribution in [0, 0.1) is 23.0 Å². The summed E-state index contributed by atoms with van der Waals surface area (Å²) >= 11 is 8.55. The number of ether oxygens (including phenoxy) is 2. The van der Waals surface area contributed by atoms with E-state index < -0.39 is 51.9 Å². The molecule has 18 heteroatoms. The molecule has 0 spiro atoms. The van der Waals surface area contributed by atoms with Crippen LogP contribution in [0.4, 0.5) is 33.2 Å². The van der Waals surface area contributed by atoms with E-state index in [0.717, 1.165) is 29.2 Å². The quantitative estimate of drug-likeness (QED) is 0.0482. The van der Waals surface area contributed by atoms with Crippen LogP contribution in [0.1, 0.15) is 37.9 Å². The first kappa shape index (κ1) is 36.6. The number of thioether (sulfide) groups is 1. The Morgan fingerprint density at radius 3 is 2.62 bits per heavy atom. The molecule has 0 aliphatic carbocycles. The van der Waals surface area contributed by atoms with Crippen molar-refractivity contribution in [1.29, 1.82) is 5.26 Å². The summed E-state index contributed by atoms with van der Waals surface area (Å²) in [5, 5.41) is 14.4. The summed E-state index contributed by atoms with van der Waals surface area (Å²) in [5.41, 5.74) is 3.06. The zero-order valence-electron chi connectivity index (χ0n) is 26.7. The lowest BCUT2D eigenvalue weighted by Gasteiger charge is -2.20. The highest BCUT2D eigenvalue weighted by atomic mass is 35.5. The Hall–Kier alpha value is -4.63. The Morgan fingerprint density at radius 1 is 1.24 bits per heavy atom. The number of nitriles is 1. The number of nitrogens with zero attached hydrogens (tertiary/aromatic N) is 3. The van der Waals surface area contributed by atoms with Crippen molar-refractivity contribution >= 4 is 72.6 Å². The Balaban J connectivity index is 1.63. The van der Waals surface area contributed by atoms with Gasteiger partial charge in [-0.05, 0) is 44.7 Å². The second-order valence-electron chi connectivity index (χ2n) is 11.6. The van der Waals surface area contributed by atoms with Crippen molar-refractivity contribution in [2.75, 3.05) is 30.5 Å². The third kappa shape index (κ3) is 7.29. The number of benzene rings is 2. The van der Waals surface area contributed by atoms with Gasteiger partial charge in [0.2, 0.25) is 0 Å². The first-order chi connectivity index (χ1) is 23.7. The molecule has 0 radical (unpaired) electrons. The van der Waals surface area contributed by atoms with Crippen molar-refractivity contribution in [2.24, 2.45) is 0 Å². The highest BCUT2D eigenvalue weighted by molar-refractivity contribution is 7.98. The summed E-state index contributed by atoms with van der Waals surface area (Å²) < 4.78 is 70.9. The number of H-pyrrole nitrogens is 1. The zero-order valence-corrected chi connectivity index (χ0v) is 29.1. The van der Waals surface area contributed by atoms with E-state index in [4.69, 9.17) is 26.8 Å². The van der Waals surface area contributed by atoms with Crippen molar-refractivity contribution in [3.8, 4) is 22.9 Å². The van der Waals surface area contributed by atoms with Crippen LogP contribution in [0.25, 0.3) is 32.1 Å². The number of fused-ring (bicyclic) bond motifs is 2. The molecule has 262 valence electrons. The van der Waals surface area contributed by atoms with E-state index in [1.807, 2.05) is 6.07 Å². The molecule has 11 nitrogen and oxygen atoms in total. The number of hydrogen-bond donors (Lipinski definition) is 4. The lowest BCUT2D eigenvalue weighted by molar-refractivity contribution is 0.0636. The summed E-state index contributed by atoms with van der Waals surface area (Å²) in [6.07, 6.45) is -0.824. The Kier molecular flexibility index (Phi) is 10.8. The van der Waals surface area contributed by atoms with Crippen LogP contribution in [0.5, 0.6) is 5.75 Å². The maximum atomic E-state index is 16.6. The second-order valence-corrected chi connectivity index (χ2v) is 13.8. The molecule has 0 saturated carbocycles. The molecule has 50 heavy (non-hydrogen) atoms. The van der Waals surface area contributed by atoms with Gasteiger partial charge in [0.25, 0.3) is 12.0 Å². The highest BCUT2D eigenvalue weighted by Crippen LogP contribution is 2.48. The first-order valence-corrected chi connectivity index (χ1v) is 17.1. The Bertz CT molecular complexity index is 2220. The van der Waals surface area contributed by atoms with Gasteiger partial charge in [0.05, 0.1) is 21.3 Å². The van der Waals surface area contributed by atoms with E-state index in [9.17, 15) is 23.6 Å². The van der Waals surface area contributed by atoms with Gasteiger partial charge in [-0.25, -0.2) is 32.3 Å². The molecule has 5 rings (SSSR count). The monoisotopic (exact) mass is 749 g/mol. The Labute approximate surface area is 295 Å². The number of carbonyl (C=O) groups excluding carboxylic acids is 1. The van der Waals surface area contributed by atoms with Gasteiger partial charge in [-0.3, -0.25) is 10.1 Å². The van der Waals surface area contributed by atoms with Gasteiger partial charge in [0.15, 0.2) is 16.7 Å². The molecule has 0 aliphatic rings. The number of rotatable bonds is 10. The average Bonchev–Trinajstić information content (AvgIpc) is 3.41. The summed E-state index contributed by atoms with van der Waals surface area (Å²) in [7, 11) is 0. The normalized spacial score (nSPS) is 12.3. The number of amides is 1. The van der Waals surface area contributed by atoms with Gasteiger partial charge in [-0.1, -0.05) is 35.5 Å². The fourth-order valence-electron chi connectivity index (χ4n) is 5.10. The van der Waals surface area contributed by atoms with E-state index in [2.05, 4.69) is 25.6 Å². The van der Waals surface area contributed by atoms with Crippen molar-refractivity contribution < 1.29 is 31.8 Å². The van der Waals surface area contributed by atoms with E-state index >= 15 is 8.78 Å². The summed E-state index contributed by atoms with van der Waals surface area (Å²) in [6.45, 7) is 4.34. The smallest absolute Gasteiger partial charge is 0.412 e. The standard InChI is InChI=1S/C32H28ClF4N7O4S2/c1-32(2,3)48-31(46)44-29-15(12-38)17-13(7-8-16(34)25(17)50-29)18-20(33)24(19-23(21(18)35)42-30(49-4)43-28(19)45)47-11-10-40-22(26(36)37)14-6-5-9-41-27(14)39/h5-9,22,26,40H,10-11H2,1-4H3,(H2,39,41)(H,44,46)(H,42,43,45)/t22-/m0/s1. The number of nitrogen functional groups attached to an aromatic ring is 1. The molecule has 1 atom stereocenters. The fourth-order valence-corrected chi connectivity index (χ4v) is 6.87. The third-order valence-electron chi connectivity index (χ3n) is 7.12. The van der Waals surface area contributed by atoms with E-state index in [1.165, 1.54) is 24.4 Å². The van der Waals surface area contributed by atoms with Crippen molar-refractivity contribution in [3.63, 3.8) is 0 Å². The minimum atomic E-state index is -2.88. The number of thiophene rings is 1. The highest BCUT2D eigenvalue weighted by Gasteiger charge is 2.30. The van der Waals surface area contributed by atoms with Crippen LogP contribution in [0.2, 0.25) is 5.02 Å². The largest absolute Gasteiger partial charge is 0.490 e. The number of pyridine rings is 1. The van der Waals surface area contributed by atoms with Gasteiger partial charge in [-0.15, -0.1) is 11.3 Å². The summed E-state index contributed by atoms with van der Waals surface area (Å²) in [4.78, 5) is 36.4. The van der Waals surface area contributed by atoms with Crippen LogP contribution >= 0.6 is 34.7 Å². The minimum Gasteiger partial charge on any atom is -0.490 e. The molecule has 5 N–H and O–H groups in total. The average molecular weight is 750 g/mol. The molecular weight excluding hydrogens is 722 g/mol. The maximum absolute atomic E-state index is 16.6. The number of aromatic amines is 1. The van der Waals surface area contributed by atoms with Gasteiger partial charge >= 0.3 is 6.09 Å². The molecule has 5 aromatic rings. The van der Waals surface area contributed by atoms with E-state index in [-0.39, 0.29) is 72.6 Å². The van der Waals surface area contributed by atoms with Crippen LogP contribution in [-0.4, -0.2) is 52.5 Å². The van der Waals surface area contributed by atoms with E-state index in [0.29, 0.717) is 0 Å². The molecular formula is C32H28ClF4N7O4S2. The first-order valence-electron chi connectivity index (χ1n) is 14.7. The number of alkyl halides is 2. The number of halogens is 5. The fraction of sp³-hybridized carbons (Fsp3) is 0.281. The predicted molar refractivity (Wildman–Crippen MR) is 185 cm³/mol. The number of hydrogen-bond acceptors (Lipinski definition) is 11. The number of anilines is 2. The number of nitrogens with one attached hydrogen (secondary N) is 3. The van der Waals surface area contributed by atoms with Crippen molar-refractivity contribution in [3.05, 3.63) is 68.6 Å². The zero-order chi connectivity index (χ0) is 36.5. The van der Waals surface area contributed by atoms with Gasteiger partial charge in [0, 0.05) is 29.3 Å². The molecule has 0 saturated heterocycles. The Morgan fingerprint density at radius 2 is 1.98 bits per heavy atom. The lowest BCUT2D eigenvalue weighted by Crippen LogP contribution is -2.31. The van der Waals surface area contributed by atoms with Crippen molar-refractivity contribution in [1.82, 2.24) is 20.3 Å². The van der Waals surface area contributed by atoms with Crippen molar-refractivity contribution in [2.45, 2.75) is 44.0 Å². The minimum absolute atomic E-state index is 0.0532. The van der Waals surface area contributed by atoms with Crippen LogP contribution in [-0.2, 0) is 4.74 Å². The molecule has 3 aromatic heterocycles. The number of nitrogens with two attached hydrogens (primary N) is 1. The molecule has 0 bridgehead atoms. The molecule has 0 aliphatic heterocycles. The molecule has 0 unspecified atom stereocenters. The lowest BCUT2D eigenvalue weighted by atomic mass is 9.96. The number of carbonyl (C=O) groups is 1. The predicted octanol–water partition coefficient (Wildman–Crippen LogP) is 7.63. The summed E-state index contributed by atoms with van der Waals surface area (Å²) in [6, 6.07) is 5.51. The SMILES string of the molecule is CSc1nc2c(F)c(-c3ccc(F)c4sc(NC(=O)OC(C)(C)C)c(C#N)c34)c(Cl)c(OCCN[C@@H](c3cccnc3N)C(F)F)c2c(=O)[nH]1. The molecule has 3 heterocycles. The third-order valence-corrected chi connectivity index (χ3v) is 9.18.